The van der Waals surface area contributed by atoms with Crippen LogP contribution in [0.1, 0.15) is 18.1 Å². The molecular formula is C14H21NO3S2. The van der Waals surface area contributed by atoms with Gasteiger partial charge in [-0.05, 0) is 12.5 Å². The summed E-state index contributed by atoms with van der Waals surface area (Å²) in [5, 5.41) is 2.63. The molecule has 0 radical (unpaired) electrons. The number of nitrogens with one attached hydrogen (secondary N) is 1. The number of benzene rings is 1. The fourth-order valence-corrected chi connectivity index (χ4v) is 3.01. The van der Waals surface area contributed by atoms with Gasteiger partial charge in [0.25, 0.3) is 0 Å². The van der Waals surface area contributed by atoms with Crippen LogP contribution in [0.15, 0.2) is 24.3 Å². The summed E-state index contributed by atoms with van der Waals surface area (Å²) in [4.78, 5) is 11.4. The Hall–Kier alpha value is -1.01. The number of rotatable bonds is 8. The highest BCUT2D eigenvalue weighted by Crippen LogP contribution is 2.12. The lowest BCUT2D eigenvalue weighted by atomic mass is 10.2. The maximum absolute atomic E-state index is 11.4. The van der Waals surface area contributed by atoms with Crippen molar-refractivity contribution < 1.29 is 13.2 Å². The fraction of sp³-hybridized carbons (Fsp3) is 0.500. The average Bonchev–Trinajstić information content (AvgIpc) is 2.40. The van der Waals surface area contributed by atoms with Gasteiger partial charge in [-0.1, -0.05) is 36.8 Å². The van der Waals surface area contributed by atoms with E-state index in [4.69, 9.17) is 0 Å². The average molecular weight is 315 g/mol. The molecule has 6 heteroatoms. The zero-order valence-corrected chi connectivity index (χ0v) is 13.5. The second-order valence-corrected chi connectivity index (χ2v) is 8.02. The Kier molecular flexibility index (Phi) is 7.09. The first-order valence-corrected chi connectivity index (χ1v) is 9.51. The van der Waals surface area contributed by atoms with E-state index in [1.807, 2.05) is 0 Å². The van der Waals surface area contributed by atoms with Crippen molar-refractivity contribution in [1.29, 1.82) is 0 Å². The number of amides is 1. The zero-order valence-electron chi connectivity index (χ0n) is 11.9. The molecule has 0 saturated carbocycles. The second-order valence-electron chi connectivity index (χ2n) is 4.56. The summed E-state index contributed by atoms with van der Waals surface area (Å²) < 4.78 is 22.5. The highest BCUT2D eigenvalue weighted by Gasteiger charge is 2.13. The minimum absolute atomic E-state index is 0.00257. The van der Waals surface area contributed by atoms with Crippen molar-refractivity contribution in [3.63, 3.8) is 0 Å². The van der Waals surface area contributed by atoms with E-state index in [2.05, 4.69) is 36.5 Å². The Morgan fingerprint density at radius 1 is 1.25 bits per heavy atom. The lowest BCUT2D eigenvalue weighted by Crippen LogP contribution is -2.32. The van der Waals surface area contributed by atoms with Gasteiger partial charge in [0.2, 0.25) is 5.91 Å². The van der Waals surface area contributed by atoms with Crippen molar-refractivity contribution in [3.05, 3.63) is 35.4 Å². The molecule has 0 spiro atoms. The molecule has 112 valence electrons. The first kappa shape index (κ1) is 17.0. The molecule has 0 saturated heterocycles. The zero-order chi connectivity index (χ0) is 15.0. The number of hydrogen-bond donors (Lipinski definition) is 1. The van der Waals surface area contributed by atoms with Crippen molar-refractivity contribution in [2.45, 2.75) is 19.6 Å². The van der Waals surface area contributed by atoms with Crippen LogP contribution in [0.3, 0.4) is 0 Å². The Morgan fingerprint density at radius 3 is 2.50 bits per heavy atom. The van der Waals surface area contributed by atoms with E-state index in [0.29, 0.717) is 6.54 Å². The smallest absolute Gasteiger partial charge is 0.235 e. The molecule has 4 nitrogen and oxygen atoms in total. The molecule has 1 aromatic carbocycles. The van der Waals surface area contributed by atoms with Gasteiger partial charge < -0.3 is 5.32 Å². The predicted molar refractivity (Wildman–Crippen MR) is 84.7 cm³/mol. The molecular weight excluding hydrogens is 294 g/mol. The molecule has 1 aromatic rings. The highest BCUT2D eigenvalue weighted by atomic mass is 32.2. The van der Waals surface area contributed by atoms with Gasteiger partial charge in [0.05, 0.1) is 0 Å². The van der Waals surface area contributed by atoms with Crippen molar-refractivity contribution >= 4 is 27.5 Å². The maximum atomic E-state index is 11.4. The number of aryl methyl sites for hydroxylation is 1. The van der Waals surface area contributed by atoms with Gasteiger partial charge in [0.15, 0.2) is 9.84 Å². The van der Waals surface area contributed by atoms with Crippen LogP contribution in [0.2, 0.25) is 0 Å². The number of hydrogen-bond acceptors (Lipinski definition) is 4. The second kappa shape index (κ2) is 8.32. The fourth-order valence-electron chi connectivity index (χ4n) is 1.49. The summed E-state index contributed by atoms with van der Waals surface area (Å²) in [5.41, 5.74) is 2.49. The lowest BCUT2D eigenvalue weighted by molar-refractivity contribution is -0.118. The van der Waals surface area contributed by atoms with Crippen LogP contribution in [0.5, 0.6) is 0 Å². The van der Waals surface area contributed by atoms with Crippen LogP contribution in [0, 0.1) is 6.92 Å². The molecule has 0 aliphatic rings. The van der Waals surface area contributed by atoms with Gasteiger partial charge >= 0.3 is 0 Å². The van der Waals surface area contributed by atoms with Crippen LogP contribution >= 0.6 is 11.8 Å². The van der Waals surface area contributed by atoms with Crippen molar-refractivity contribution in [2.24, 2.45) is 0 Å². The Balaban J connectivity index is 2.16. The molecule has 0 atom stereocenters. The first-order chi connectivity index (χ1) is 9.43. The number of carbonyl (C=O) groups excluding carboxylic acids is 1. The summed E-state index contributed by atoms with van der Waals surface area (Å²) in [7, 11) is -3.23. The van der Waals surface area contributed by atoms with Gasteiger partial charge in [0.1, 0.15) is 5.75 Å². The van der Waals surface area contributed by atoms with Gasteiger partial charge in [0, 0.05) is 23.8 Å². The molecule has 20 heavy (non-hydrogen) atoms. The summed E-state index contributed by atoms with van der Waals surface area (Å²) in [6.45, 7) is 4.09. The number of carbonyl (C=O) groups is 1. The van der Waals surface area contributed by atoms with Crippen molar-refractivity contribution in [2.75, 3.05) is 23.8 Å². The normalized spacial score (nSPS) is 11.3. The SMILES string of the molecule is CCS(=O)(=O)CC(=O)NCCSCc1ccc(C)cc1. The predicted octanol–water partition coefficient (Wildman–Crippen LogP) is 1.78. The third kappa shape index (κ3) is 6.96. The molecule has 0 bridgehead atoms. The van der Waals surface area contributed by atoms with E-state index in [-0.39, 0.29) is 5.75 Å². The monoisotopic (exact) mass is 315 g/mol. The molecule has 0 fully saturated rings. The molecule has 0 aromatic heterocycles. The van der Waals surface area contributed by atoms with E-state index in [1.54, 1.807) is 18.7 Å². The standard InChI is InChI=1S/C14H21NO3S2/c1-3-20(17,18)11-14(16)15-8-9-19-10-13-6-4-12(2)5-7-13/h4-7H,3,8-11H2,1-2H3,(H,15,16). The van der Waals surface area contributed by atoms with E-state index in [1.165, 1.54) is 11.1 Å². The van der Waals surface area contributed by atoms with Gasteiger partial charge in [-0.2, -0.15) is 11.8 Å². The lowest BCUT2D eigenvalue weighted by Gasteiger charge is -2.05. The minimum atomic E-state index is -3.23. The molecule has 0 aliphatic carbocycles. The quantitative estimate of drug-likeness (QED) is 0.743. The first-order valence-electron chi connectivity index (χ1n) is 6.53. The number of sulfone groups is 1. The van der Waals surface area contributed by atoms with Crippen LogP contribution in [-0.2, 0) is 20.4 Å². The van der Waals surface area contributed by atoms with E-state index >= 15 is 0 Å². The van der Waals surface area contributed by atoms with Crippen molar-refractivity contribution in [1.82, 2.24) is 5.32 Å². The van der Waals surface area contributed by atoms with E-state index in [9.17, 15) is 13.2 Å². The molecule has 0 unspecified atom stereocenters. The Labute approximate surface area is 125 Å². The molecule has 0 heterocycles. The third-order valence-corrected chi connectivity index (χ3v) is 5.36. The summed E-state index contributed by atoms with van der Waals surface area (Å²) >= 11 is 1.71. The topological polar surface area (TPSA) is 63.2 Å². The van der Waals surface area contributed by atoms with Crippen LogP contribution < -0.4 is 5.32 Å². The Bertz CT molecular complexity index is 524. The van der Waals surface area contributed by atoms with Crippen LogP contribution in [0.4, 0.5) is 0 Å². The maximum Gasteiger partial charge on any atom is 0.235 e. The van der Waals surface area contributed by atoms with Crippen LogP contribution in [0.25, 0.3) is 0 Å². The van der Waals surface area contributed by atoms with Gasteiger partial charge in [-0.25, -0.2) is 8.42 Å². The summed E-state index contributed by atoms with van der Waals surface area (Å²) in [6, 6.07) is 8.34. The summed E-state index contributed by atoms with van der Waals surface area (Å²) in [5.74, 6) is 0.840. The number of thioether (sulfide) groups is 1. The molecule has 1 amide bonds. The summed E-state index contributed by atoms with van der Waals surface area (Å²) in [6.07, 6.45) is 0. The van der Waals surface area contributed by atoms with Crippen LogP contribution in [-0.4, -0.2) is 38.1 Å². The van der Waals surface area contributed by atoms with E-state index < -0.39 is 21.5 Å². The van der Waals surface area contributed by atoms with E-state index in [0.717, 1.165) is 11.5 Å². The largest absolute Gasteiger partial charge is 0.354 e. The van der Waals surface area contributed by atoms with Gasteiger partial charge in [-0.3, -0.25) is 4.79 Å². The van der Waals surface area contributed by atoms with Crippen molar-refractivity contribution in [3.8, 4) is 0 Å². The van der Waals surface area contributed by atoms with Gasteiger partial charge in [-0.15, -0.1) is 0 Å². The third-order valence-electron chi connectivity index (χ3n) is 2.75. The minimum Gasteiger partial charge on any atom is -0.354 e. The molecule has 1 N–H and O–H groups in total. The highest BCUT2D eigenvalue weighted by molar-refractivity contribution is 7.98. The Morgan fingerprint density at radius 2 is 1.90 bits per heavy atom. The molecule has 1 rings (SSSR count). The molecule has 0 aliphatic heterocycles.